The van der Waals surface area contributed by atoms with Gasteiger partial charge in [-0.2, -0.15) is 0 Å². The summed E-state index contributed by atoms with van der Waals surface area (Å²) in [5.41, 5.74) is -0.197. The largest absolute Gasteiger partial charge is 0.487 e. The van der Waals surface area contributed by atoms with Gasteiger partial charge < -0.3 is 9.84 Å². The fourth-order valence-electron chi connectivity index (χ4n) is 2.18. The smallest absolute Gasteiger partial charge is 0.140 e. The lowest BCUT2D eigenvalue weighted by molar-refractivity contribution is 0.0255. The lowest BCUT2D eigenvalue weighted by atomic mass is 9.90. The van der Waals surface area contributed by atoms with Gasteiger partial charge in [0.05, 0.1) is 10.1 Å². The van der Waals surface area contributed by atoms with E-state index < -0.39 is 5.60 Å². The molecule has 18 heavy (non-hydrogen) atoms. The maximum absolute atomic E-state index is 10.7. The van der Waals surface area contributed by atoms with Gasteiger partial charge in [-0.3, -0.25) is 0 Å². The van der Waals surface area contributed by atoms with Gasteiger partial charge in [-0.15, -0.1) is 0 Å². The summed E-state index contributed by atoms with van der Waals surface area (Å²) in [6.07, 6.45) is 2.18. The fraction of sp³-hybridized carbons (Fsp3) is 0.600. The second kappa shape index (κ2) is 4.53. The quantitative estimate of drug-likeness (QED) is 0.904. The lowest BCUT2D eigenvalue weighted by Gasteiger charge is -2.30. The van der Waals surface area contributed by atoms with Crippen molar-refractivity contribution in [2.75, 3.05) is 0 Å². The van der Waals surface area contributed by atoms with Crippen LogP contribution in [0.1, 0.15) is 46.1 Å². The van der Waals surface area contributed by atoms with Crippen molar-refractivity contribution in [2.45, 2.75) is 51.7 Å². The van der Waals surface area contributed by atoms with Crippen LogP contribution in [0.2, 0.25) is 0 Å². The number of halogens is 1. The number of rotatable bonds is 3. The standard InChI is InChI=1S/C15H21BrO2/c1-14(2,3)18-13-11(6-5-7-12(13)16)15(4,17)10-8-9-10/h5-7,10,17H,8-9H2,1-4H3. The molecular formula is C15H21BrO2. The molecule has 0 spiro atoms. The Morgan fingerprint density at radius 3 is 2.33 bits per heavy atom. The number of ether oxygens (including phenoxy) is 1. The highest BCUT2D eigenvalue weighted by molar-refractivity contribution is 9.10. The summed E-state index contributed by atoms with van der Waals surface area (Å²) in [7, 11) is 0. The van der Waals surface area contributed by atoms with Gasteiger partial charge in [-0.05, 0) is 68.5 Å². The summed E-state index contributed by atoms with van der Waals surface area (Å²) in [5, 5.41) is 10.7. The summed E-state index contributed by atoms with van der Waals surface area (Å²) < 4.78 is 6.92. The van der Waals surface area contributed by atoms with Crippen LogP contribution in [0.25, 0.3) is 0 Å². The van der Waals surface area contributed by atoms with Crippen molar-refractivity contribution < 1.29 is 9.84 Å². The first kappa shape index (κ1) is 13.9. The average molecular weight is 313 g/mol. The third-order valence-electron chi connectivity index (χ3n) is 3.29. The molecule has 1 N–H and O–H groups in total. The van der Waals surface area contributed by atoms with Gasteiger partial charge in [-0.25, -0.2) is 0 Å². The van der Waals surface area contributed by atoms with Crippen LogP contribution in [-0.4, -0.2) is 10.7 Å². The van der Waals surface area contributed by atoms with Crippen molar-refractivity contribution in [1.29, 1.82) is 0 Å². The molecule has 1 aliphatic carbocycles. The Bertz CT molecular complexity index is 442. The third-order valence-corrected chi connectivity index (χ3v) is 3.92. The van der Waals surface area contributed by atoms with E-state index in [0.29, 0.717) is 5.92 Å². The first-order valence-electron chi connectivity index (χ1n) is 6.42. The molecule has 1 saturated carbocycles. The van der Waals surface area contributed by atoms with E-state index in [1.165, 1.54) is 0 Å². The number of aliphatic hydroxyl groups is 1. The monoisotopic (exact) mass is 312 g/mol. The van der Waals surface area contributed by atoms with Gasteiger partial charge in [-0.1, -0.05) is 12.1 Å². The zero-order chi connectivity index (χ0) is 13.6. The van der Waals surface area contributed by atoms with Crippen molar-refractivity contribution in [3.05, 3.63) is 28.2 Å². The van der Waals surface area contributed by atoms with Crippen molar-refractivity contribution >= 4 is 15.9 Å². The number of benzene rings is 1. The molecule has 1 fully saturated rings. The minimum absolute atomic E-state index is 0.280. The van der Waals surface area contributed by atoms with E-state index >= 15 is 0 Å². The number of hydrogen-bond acceptors (Lipinski definition) is 2. The maximum atomic E-state index is 10.7. The molecule has 100 valence electrons. The SMILES string of the molecule is CC(C)(C)Oc1c(Br)cccc1C(C)(O)C1CC1. The molecular weight excluding hydrogens is 292 g/mol. The Morgan fingerprint density at radius 2 is 1.83 bits per heavy atom. The first-order chi connectivity index (χ1) is 8.22. The minimum atomic E-state index is -0.801. The molecule has 3 heteroatoms. The second-order valence-electron chi connectivity index (χ2n) is 6.25. The van der Waals surface area contributed by atoms with Crippen LogP contribution < -0.4 is 4.74 Å². The molecule has 2 nitrogen and oxygen atoms in total. The summed E-state index contributed by atoms with van der Waals surface area (Å²) >= 11 is 3.53. The molecule has 1 atom stereocenters. The van der Waals surface area contributed by atoms with E-state index in [-0.39, 0.29) is 5.60 Å². The molecule has 0 bridgehead atoms. The van der Waals surface area contributed by atoms with Crippen molar-refractivity contribution in [3.8, 4) is 5.75 Å². The van der Waals surface area contributed by atoms with E-state index in [1.54, 1.807) is 0 Å². The normalized spacial score (nSPS) is 19.4. The molecule has 0 aliphatic heterocycles. The average Bonchev–Trinajstić information content (AvgIpc) is 3.02. The molecule has 0 amide bonds. The number of hydrogen-bond donors (Lipinski definition) is 1. The van der Waals surface area contributed by atoms with Gasteiger partial charge in [0, 0.05) is 5.56 Å². The van der Waals surface area contributed by atoms with Crippen molar-refractivity contribution in [1.82, 2.24) is 0 Å². The van der Waals surface area contributed by atoms with Crippen LogP contribution in [0.5, 0.6) is 5.75 Å². The minimum Gasteiger partial charge on any atom is -0.487 e. The fourth-order valence-corrected chi connectivity index (χ4v) is 2.63. The molecule has 0 radical (unpaired) electrons. The van der Waals surface area contributed by atoms with Crippen LogP contribution in [0.3, 0.4) is 0 Å². The van der Waals surface area contributed by atoms with Gasteiger partial charge in [0.25, 0.3) is 0 Å². The molecule has 0 heterocycles. The molecule has 1 unspecified atom stereocenters. The Balaban J connectivity index is 2.43. The Labute approximate surface area is 117 Å². The highest BCUT2D eigenvalue weighted by Gasteiger charge is 2.43. The predicted molar refractivity (Wildman–Crippen MR) is 76.8 cm³/mol. The van der Waals surface area contributed by atoms with Crippen LogP contribution in [0.15, 0.2) is 22.7 Å². The number of para-hydroxylation sites is 1. The van der Waals surface area contributed by atoms with Gasteiger partial charge in [0.2, 0.25) is 0 Å². The van der Waals surface area contributed by atoms with Gasteiger partial charge in [0.1, 0.15) is 11.4 Å². The van der Waals surface area contributed by atoms with E-state index in [4.69, 9.17) is 4.74 Å². The van der Waals surface area contributed by atoms with E-state index in [0.717, 1.165) is 28.6 Å². The molecule has 0 saturated heterocycles. The zero-order valence-corrected chi connectivity index (χ0v) is 13.0. The second-order valence-corrected chi connectivity index (χ2v) is 7.11. The zero-order valence-electron chi connectivity index (χ0n) is 11.5. The molecule has 1 aliphatic rings. The molecule has 2 rings (SSSR count). The Morgan fingerprint density at radius 1 is 1.22 bits per heavy atom. The molecule has 1 aromatic carbocycles. The highest BCUT2D eigenvalue weighted by atomic mass is 79.9. The van der Waals surface area contributed by atoms with Gasteiger partial charge >= 0.3 is 0 Å². The maximum Gasteiger partial charge on any atom is 0.140 e. The highest BCUT2D eigenvalue weighted by Crippen LogP contribution is 2.49. The Hall–Kier alpha value is -0.540. The topological polar surface area (TPSA) is 29.5 Å². The van der Waals surface area contributed by atoms with E-state index in [1.807, 2.05) is 45.9 Å². The lowest BCUT2D eigenvalue weighted by Crippen LogP contribution is -2.29. The molecule has 0 aromatic heterocycles. The van der Waals surface area contributed by atoms with E-state index in [2.05, 4.69) is 15.9 Å². The van der Waals surface area contributed by atoms with Crippen molar-refractivity contribution in [3.63, 3.8) is 0 Å². The van der Waals surface area contributed by atoms with Crippen LogP contribution in [-0.2, 0) is 5.60 Å². The Kier molecular flexibility index (Phi) is 3.50. The van der Waals surface area contributed by atoms with Crippen LogP contribution in [0, 0.1) is 5.92 Å². The summed E-state index contributed by atoms with van der Waals surface area (Å²) in [6.45, 7) is 7.94. The third kappa shape index (κ3) is 2.89. The van der Waals surface area contributed by atoms with Crippen molar-refractivity contribution in [2.24, 2.45) is 5.92 Å². The summed E-state index contributed by atoms with van der Waals surface area (Å²) in [6, 6.07) is 5.86. The summed E-state index contributed by atoms with van der Waals surface area (Å²) in [5.74, 6) is 1.12. The molecule has 1 aromatic rings. The predicted octanol–water partition coefficient (Wildman–Crippen LogP) is 4.24. The first-order valence-corrected chi connectivity index (χ1v) is 7.21. The van der Waals surface area contributed by atoms with E-state index in [9.17, 15) is 5.11 Å². The van der Waals surface area contributed by atoms with Crippen LogP contribution >= 0.6 is 15.9 Å². The summed E-state index contributed by atoms with van der Waals surface area (Å²) in [4.78, 5) is 0. The van der Waals surface area contributed by atoms with Gasteiger partial charge in [0.15, 0.2) is 0 Å². The van der Waals surface area contributed by atoms with Crippen LogP contribution in [0.4, 0.5) is 0 Å².